The third-order valence-corrected chi connectivity index (χ3v) is 5.27. The molecule has 1 aromatic rings. The van der Waals surface area contributed by atoms with Crippen LogP contribution in [0.2, 0.25) is 0 Å². The first-order valence-electron chi connectivity index (χ1n) is 10.3. The second kappa shape index (κ2) is 14.9. The molecular weight excluding hydrogens is 452 g/mol. The SMILES string of the molecule is CSCCC(NC(=O)C(Cc1ccccc1)NC(=O)CN)C(=O)NC(CCC(=O)O)C(=O)O. The molecule has 182 valence electrons. The summed E-state index contributed by atoms with van der Waals surface area (Å²) >= 11 is 1.43. The first kappa shape index (κ1) is 27.9. The number of thioether (sulfide) groups is 1. The average molecular weight is 483 g/mol. The largest absolute Gasteiger partial charge is 0.481 e. The van der Waals surface area contributed by atoms with E-state index in [2.05, 4.69) is 16.0 Å². The molecule has 0 spiro atoms. The quantitative estimate of drug-likeness (QED) is 0.189. The van der Waals surface area contributed by atoms with E-state index in [4.69, 9.17) is 10.8 Å². The number of carbonyl (C=O) groups excluding carboxylic acids is 3. The van der Waals surface area contributed by atoms with Crippen LogP contribution in [0.3, 0.4) is 0 Å². The lowest BCUT2D eigenvalue weighted by Gasteiger charge is -2.24. The van der Waals surface area contributed by atoms with Gasteiger partial charge in [0, 0.05) is 12.8 Å². The summed E-state index contributed by atoms with van der Waals surface area (Å²) in [6.07, 6.45) is 1.42. The maximum absolute atomic E-state index is 13.0. The Labute approximate surface area is 195 Å². The fourth-order valence-electron chi connectivity index (χ4n) is 2.89. The van der Waals surface area contributed by atoms with Crippen LogP contribution in [0, 0.1) is 0 Å². The van der Waals surface area contributed by atoms with Gasteiger partial charge in [-0.1, -0.05) is 30.3 Å². The highest BCUT2D eigenvalue weighted by atomic mass is 32.2. The molecule has 0 radical (unpaired) electrons. The number of nitrogens with one attached hydrogen (secondary N) is 3. The number of nitrogens with two attached hydrogens (primary N) is 1. The van der Waals surface area contributed by atoms with Gasteiger partial charge in [0.15, 0.2) is 0 Å². The number of carboxylic acids is 2. The Balaban J connectivity index is 2.97. The van der Waals surface area contributed by atoms with Crippen molar-refractivity contribution in [2.45, 2.75) is 43.8 Å². The maximum Gasteiger partial charge on any atom is 0.326 e. The molecule has 0 aliphatic carbocycles. The van der Waals surface area contributed by atoms with Gasteiger partial charge < -0.3 is 31.9 Å². The molecule has 3 unspecified atom stereocenters. The predicted molar refractivity (Wildman–Crippen MR) is 122 cm³/mol. The van der Waals surface area contributed by atoms with E-state index in [0.29, 0.717) is 5.75 Å². The van der Waals surface area contributed by atoms with E-state index in [1.54, 1.807) is 24.3 Å². The lowest BCUT2D eigenvalue weighted by atomic mass is 10.0. The fraction of sp³-hybridized carbons (Fsp3) is 0.476. The summed E-state index contributed by atoms with van der Waals surface area (Å²) in [5.41, 5.74) is 6.13. The van der Waals surface area contributed by atoms with Crippen molar-refractivity contribution in [1.82, 2.24) is 16.0 Å². The van der Waals surface area contributed by atoms with Gasteiger partial charge in [0.1, 0.15) is 18.1 Å². The van der Waals surface area contributed by atoms with Crippen molar-refractivity contribution in [3.05, 3.63) is 35.9 Å². The highest BCUT2D eigenvalue weighted by molar-refractivity contribution is 7.98. The topological polar surface area (TPSA) is 188 Å². The van der Waals surface area contributed by atoms with Crippen molar-refractivity contribution in [1.29, 1.82) is 0 Å². The molecular formula is C21H30N4O7S. The number of amides is 3. The highest BCUT2D eigenvalue weighted by Gasteiger charge is 2.29. The minimum absolute atomic E-state index is 0.158. The van der Waals surface area contributed by atoms with Crippen LogP contribution in [0.5, 0.6) is 0 Å². The van der Waals surface area contributed by atoms with E-state index in [9.17, 15) is 29.1 Å². The second-order valence-corrected chi connectivity index (χ2v) is 8.17. The van der Waals surface area contributed by atoms with Gasteiger partial charge >= 0.3 is 11.9 Å². The Morgan fingerprint density at radius 3 is 2.06 bits per heavy atom. The number of carboxylic acid groups (broad SMARTS) is 2. The fourth-order valence-corrected chi connectivity index (χ4v) is 3.36. The Morgan fingerprint density at radius 2 is 1.52 bits per heavy atom. The van der Waals surface area contributed by atoms with Crippen LogP contribution in [-0.4, -0.2) is 76.6 Å². The van der Waals surface area contributed by atoms with Crippen molar-refractivity contribution in [3.8, 4) is 0 Å². The van der Waals surface area contributed by atoms with E-state index in [1.807, 2.05) is 12.3 Å². The Morgan fingerprint density at radius 1 is 0.909 bits per heavy atom. The van der Waals surface area contributed by atoms with Gasteiger partial charge in [-0.25, -0.2) is 4.79 Å². The van der Waals surface area contributed by atoms with Crippen molar-refractivity contribution in [2.75, 3.05) is 18.6 Å². The van der Waals surface area contributed by atoms with Crippen LogP contribution in [0.1, 0.15) is 24.8 Å². The van der Waals surface area contributed by atoms with Crippen molar-refractivity contribution in [3.63, 3.8) is 0 Å². The van der Waals surface area contributed by atoms with Gasteiger partial charge in [0.25, 0.3) is 0 Å². The molecule has 1 rings (SSSR count). The number of benzene rings is 1. The van der Waals surface area contributed by atoms with Crippen LogP contribution >= 0.6 is 11.8 Å². The first-order chi connectivity index (χ1) is 15.7. The summed E-state index contributed by atoms with van der Waals surface area (Å²) in [6.45, 7) is -0.321. The molecule has 1 aromatic carbocycles. The monoisotopic (exact) mass is 482 g/mol. The normalized spacial score (nSPS) is 13.3. The minimum atomic E-state index is -1.42. The first-order valence-corrected chi connectivity index (χ1v) is 11.6. The van der Waals surface area contributed by atoms with Crippen LogP contribution in [-0.2, 0) is 30.4 Å². The van der Waals surface area contributed by atoms with Gasteiger partial charge in [0.2, 0.25) is 17.7 Å². The van der Waals surface area contributed by atoms with E-state index in [-0.39, 0.29) is 25.8 Å². The number of hydrogen-bond donors (Lipinski definition) is 6. The second-order valence-electron chi connectivity index (χ2n) is 7.19. The van der Waals surface area contributed by atoms with Gasteiger partial charge in [0.05, 0.1) is 6.54 Å². The lowest BCUT2D eigenvalue weighted by Crippen LogP contribution is -2.56. The molecule has 0 aromatic heterocycles. The van der Waals surface area contributed by atoms with Gasteiger partial charge in [-0.15, -0.1) is 0 Å². The third-order valence-electron chi connectivity index (χ3n) is 4.62. The minimum Gasteiger partial charge on any atom is -0.481 e. The van der Waals surface area contributed by atoms with Crippen LogP contribution in [0.15, 0.2) is 30.3 Å². The molecule has 0 heterocycles. The molecule has 33 heavy (non-hydrogen) atoms. The van der Waals surface area contributed by atoms with Gasteiger partial charge in [-0.2, -0.15) is 11.8 Å². The van der Waals surface area contributed by atoms with Gasteiger partial charge in [-0.3, -0.25) is 19.2 Å². The summed E-state index contributed by atoms with van der Waals surface area (Å²) in [5, 5.41) is 25.5. The summed E-state index contributed by atoms with van der Waals surface area (Å²) in [6, 6.07) is 5.45. The zero-order chi connectivity index (χ0) is 24.8. The molecule has 0 fully saturated rings. The highest BCUT2D eigenvalue weighted by Crippen LogP contribution is 2.07. The Kier molecular flexibility index (Phi) is 12.6. The molecule has 3 amide bonds. The molecule has 0 aliphatic rings. The third kappa shape index (κ3) is 10.8. The maximum atomic E-state index is 13.0. The molecule has 0 aliphatic heterocycles. The zero-order valence-electron chi connectivity index (χ0n) is 18.3. The summed E-state index contributed by atoms with van der Waals surface area (Å²) in [5.74, 6) is -4.00. The molecule has 11 nitrogen and oxygen atoms in total. The molecule has 3 atom stereocenters. The molecule has 0 saturated carbocycles. The molecule has 0 bridgehead atoms. The Hall–Kier alpha value is -3.12. The number of carbonyl (C=O) groups is 5. The smallest absolute Gasteiger partial charge is 0.326 e. The van der Waals surface area contributed by atoms with E-state index < -0.39 is 54.2 Å². The van der Waals surface area contributed by atoms with Crippen molar-refractivity contribution < 1.29 is 34.2 Å². The number of rotatable bonds is 15. The van der Waals surface area contributed by atoms with Crippen LogP contribution < -0.4 is 21.7 Å². The average Bonchev–Trinajstić information content (AvgIpc) is 2.78. The number of hydrogen-bond acceptors (Lipinski definition) is 7. The predicted octanol–water partition coefficient (Wildman–Crippen LogP) is -0.655. The van der Waals surface area contributed by atoms with Crippen molar-refractivity contribution >= 4 is 41.4 Å². The number of aliphatic carboxylic acids is 2. The van der Waals surface area contributed by atoms with Gasteiger partial charge in [-0.05, 0) is 30.4 Å². The van der Waals surface area contributed by atoms with Crippen LogP contribution in [0.25, 0.3) is 0 Å². The Bertz CT molecular complexity index is 822. The molecule has 0 saturated heterocycles. The summed E-state index contributed by atoms with van der Waals surface area (Å²) in [7, 11) is 0. The summed E-state index contributed by atoms with van der Waals surface area (Å²) in [4.78, 5) is 59.7. The molecule has 12 heteroatoms. The molecule has 7 N–H and O–H groups in total. The summed E-state index contributed by atoms with van der Waals surface area (Å²) < 4.78 is 0. The zero-order valence-corrected chi connectivity index (χ0v) is 19.1. The van der Waals surface area contributed by atoms with E-state index in [0.717, 1.165) is 5.56 Å². The van der Waals surface area contributed by atoms with Crippen molar-refractivity contribution in [2.24, 2.45) is 5.73 Å². The van der Waals surface area contributed by atoms with Crippen LogP contribution in [0.4, 0.5) is 0 Å². The van der Waals surface area contributed by atoms with E-state index >= 15 is 0 Å². The standard InChI is InChI=1S/C21H30N4O7S/c1-33-10-9-14(19(29)25-15(21(31)32)7-8-18(27)28)24-20(30)16(23-17(26)12-22)11-13-5-3-2-4-6-13/h2-6,14-16H,7-12,22H2,1H3,(H,23,26)(H,24,30)(H,25,29)(H,27,28)(H,31,32). The van der Waals surface area contributed by atoms with E-state index in [1.165, 1.54) is 11.8 Å². The lowest BCUT2D eigenvalue weighted by molar-refractivity contribution is -0.143.